The van der Waals surface area contributed by atoms with Crippen molar-refractivity contribution in [3.8, 4) is 11.5 Å². The number of rotatable bonds is 21. The Morgan fingerprint density at radius 1 is 1.01 bits per heavy atom. The molecule has 0 fully saturated rings. The van der Waals surface area contributed by atoms with Crippen LogP contribution in [0.15, 0.2) is 30.3 Å². The van der Waals surface area contributed by atoms with Gasteiger partial charge in [-0.05, 0) is 80.5 Å². The lowest BCUT2D eigenvalue weighted by Crippen LogP contribution is -2.57. The van der Waals surface area contributed by atoms with Gasteiger partial charge in [-0.25, -0.2) is 0 Å². The number of carbonyl (C=O) groups is 9. The predicted molar refractivity (Wildman–Crippen MR) is 241 cm³/mol. The standard InChI is InChI=1S/C45H61N9O14/c1-6-31(58)51-29(39(62)50-20-32(59)48-11-13-55)19-45-25-9-8-10-30(68-44(4,7-2)37(47-5)42(65)66)33(25)54-43(45)67-36-24-15-22(3)16-28(52-38(61)27(46)21-57)40(63)53-34(41(64)49-12-14-56)35(60)23(17-24)18-26(36)45/h8-10,13-14,17-18,22,27-29,34-35,37,43,47,54,57,60H,6-7,11-12,15-16,19-21,46H2,1-5H3,(H,48,59)(H,49,64)(H,50,62)(H,51,58)(H,52,61)(H,53,63)(H,65,66)/t22?,27?,28?,29?,34?,35?,37?,43?,44?,45-/m0/s1. The molecule has 68 heavy (non-hydrogen) atoms. The van der Waals surface area contributed by atoms with Crippen LogP contribution in [0.1, 0.15) is 81.7 Å². The molecule has 0 spiro atoms. The van der Waals surface area contributed by atoms with Gasteiger partial charge in [-0.2, -0.15) is 0 Å². The third kappa shape index (κ3) is 11.0. The first-order valence-corrected chi connectivity index (χ1v) is 22.3. The van der Waals surface area contributed by atoms with Crippen molar-refractivity contribution in [3.05, 3.63) is 52.6 Å². The largest absolute Gasteiger partial charge is 0.483 e. The van der Waals surface area contributed by atoms with E-state index in [9.17, 15) is 58.5 Å². The van der Waals surface area contributed by atoms with Crippen LogP contribution in [0.25, 0.3) is 0 Å². The van der Waals surface area contributed by atoms with E-state index in [1.54, 1.807) is 58.0 Å². The number of ether oxygens (including phenoxy) is 2. The molecule has 6 amide bonds. The molecular weight excluding hydrogens is 891 g/mol. The number of carboxylic acid groups (broad SMARTS) is 1. The summed E-state index contributed by atoms with van der Waals surface area (Å²) in [6.07, 6.45) is -2.09. The molecule has 13 N–H and O–H groups in total. The number of para-hydroxylation sites is 1. The van der Waals surface area contributed by atoms with Gasteiger partial charge >= 0.3 is 5.97 Å². The summed E-state index contributed by atoms with van der Waals surface area (Å²) in [4.78, 5) is 115. The Morgan fingerprint density at radius 2 is 1.72 bits per heavy atom. The quantitative estimate of drug-likeness (QED) is 0.0566. The molecular formula is C45H61N9O14. The molecule has 370 valence electrons. The fraction of sp³-hybridized carbons (Fsp3) is 0.533. The Kier molecular flexibility index (Phi) is 17.2. The van der Waals surface area contributed by atoms with E-state index in [0.717, 1.165) is 0 Å². The Balaban J connectivity index is 1.76. The number of amides is 6. The van der Waals surface area contributed by atoms with E-state index in [-0.39, 0.29) is 55.7 Å². The summed E-state index contributed by atoms with van der Waals surface area (Å²) >= 11 is 0. The Bertz CT molecular complexity index is 2280. The van der Waals surface area contributed by atoms with Gasteiger partial charge in [0.05, 0.1) is 37.3 Å². The van der Waals surface area contributed by atoms with Crippen LogP contribution in [-0.4, -0.2) is 145 Å². The monoisotopic (exact) mass is 951 g/mol. The van der Waals surface area contributed by atoms with Crippen LogP contribution in [0.4, 0.5) is 5.69 Å². The van der Waals surface area contributed by atoms with Crippen LogP contribution in [0, 0.1) is 5.92 Å². The number of fused-ring (bicyclic) bond motifs is 8. The molecule has 10 atom stereocenters. The molecule has 0 saturated heterocycles. The first-order chi connectivity index (χ1) is 32.3. The number of carboxylic acids is 1. The number of aliphatic carboxylic acids is 1. The van der Waals surface area contributed by atoms with E-state index >= 15 is 0 Å². The zero-order valence-electron chi connectivity index (χ0n) is 38.4. The second-order valence-electron chi connectivity index (χ2n) is 17.3. The van der Waals surface area contributed by atoms with Crippen LogP contribution in [0.3, 0.4) is 0 Å². The number of likely N-dealkylation sites (N-methyl/N-ethyl adjacent to an activating group) is 1. The molecule has 9 unspecified atom stereocenters. The Hall–Kier alpha value is -6.69. The topological polar surface area (TPSA) is 355 Å². The number of aldehydes is 2. The number of aliphatic hydroxyl groups is 2. The highest BCUT2D eigenvalue weighted by Gasteiger charge is 2.59. The van der Waals surface area contributed by atoms with Gasteiger partial charge in [0, 0.05) is 12.0 Å². The van der Waals surface area contributed by atoms with Crippen molar-refractivity contribution < 1.29 is 67.9 Å². The number of carbonyl (C=O) groups excluding carboxylic acids is 8. The SMILES string of the molecule is CCC(=O)NC(C[C@@]12c3cccc(OC(C)(CC)C(NC)C(=O)O)c3NC1Oc1c3cc(cc12)C(O)C(C(=O)NCC=O)NC(=O)C(NC(=O)C(N)CO)CC(C)C3)C(=O)NCC(=O)NCC=O. The number of nitrogens with two attached hydrogens (primary N) is 1. The third-order valence-electron chi connectivity index (χ3n) is 12.6. The molecule has 2 aromatic rings. The van der Waals surface area contributed by atoms with Gasteiger partial charge in [-0.15, -0.1) is 0 Å². The third-order valence-corrected chi connectivity index (χ3v) is 12.6. The van der Waals surface area contributed by atoms with Crippen molar-refractivity contribution in [1.29, 1.82) is 0 Å². The predicted octanol–water partition coefficient (Wildman–Crippen LogP) is -2.73. The maximum absolute atomic E-state index is 14.2. The van der Waals surface area contributed by atoms with Crippen molar-refractivity contribution in [3.63, 3.8) is 0 Å². The summed E-state index contributed by atoms with van der Waals surface area (Å²) in [5.74, 6) is -5.83. The molecule has 2 bridgehead atoms. The first kappa shape index (κ1) is 52.3. The molecule has 23 nitrogen and oxygen atoms in total. The van der Waals surface area contributed by atoms with Crippen LogP contribution in [-0.2, 0) is 55.0 Å². The molecule has 0 saturated carbocycles. The van der Waals surface area contributed by atoms with Gasteiger partial charge in [0.1, 0.15) is 66.0 Å². The van der Waals surface area contributed by atoms with Gasteiger partial charge in [-0.3, -0.25) is 33.6 Å². The lowest BCUT2D eigenvalue weighted by molar-refractivity contribution is -0.145. The zero-order chi connectivity index (χ0) is 50.1. The van der Waals surface area contributed by atoms with Crippen molar-refractivity contribution >= 4 is 59.7 Å². The Morgan fingerprint density at radius 3 is 2.35 bits per heavy atom. The average Bonchev–Trinajstić information content (AvgIpc) is 3.80. The van der Waals surface area contributed by atoms with Crippen molar-refractivity contribution in [1.82, 2.24) is 37.2 Å². The average molecular weight is 952 g/mol. The molecule has 0 radical (unpaired) electrons. The molecule has 23 heteroatoms. The van der Waals surface area contributed by atoms with Crippen molar-refractivity contribution in [2.75, 3.05) is 38.6 Å². The fourth-order valence-corrected chi connectivity index (χ4v) is 8.95. The summed E-state index contributed by atoms with van der Waals surface area (Å²) in [6, 6.07) is 1.09. The first-order valence-electron chi connectivity index (χ1n) is 22.3. The van der Waals surface area contributed by atoms with Crippen LogP contribution in [0.2, 0.25) is 0 Å². The van der Waals surface area contributed by atoms with Crippen LogP contribution >= 0.6 is 0 Å². The molecule has 2 aromatic carbocycles. The minimum absolute atomic E-state index is 0.0449. The number of aliphatic hydroxyl groups excluding tert-OH is 2. The summed E-state index contributed by atoms with van der Waals surface area (Å²) in [5.41, 5.74) is 4.61. The van der Waals surface area contributed by atoms with Gasteiger partial charge in [0.2, 0.25) is 35.4 Å². The number of anilines is 1. The summed E-state index contributed by atoms with van der Waals surface area (Å²) in [6.45, 7) is 4.69. The maximum atomic E-state index is 14.2. The van der Waals surface area contributed by atoms with E-state index in [0.29, 0.717) is 35.0 Å². The fourth-order valence-electron chi connectivity index (χ4n) is 8.95. The Labute approximate surface area is 391 Å². The molecule has 0 aromatic heterocycles. The number of benzene rings is 2. The second-order valence-corrected chi connectivity index (χ2v) is 17.3. The van der Waals surface area contributed by atoms with E-state index in [4.69, 9.17) is 15.2 Å². The van der Waals surface area contributed by atoms with Crippen LogP contribution < -0.4 is 57.7 Å². The van der Waals surface area contributed by atoms with Gasteiger partial charge in [-0.1, -0.05) is 32.9 Å². The maximum Gasteiger partial charge on any atom is 0.324 e. The smallest absolute Gasteiger partial charge is 0.324 e. The highest BCUT2D eigenvalue weighted by atomic mass is 16.5. The molecule has 3 heterocycles. The zero-order valence-corrected chi connectivity index (χ0v) is 38.4. The second kappa shape index (κ2) is 22.4. The van der Waals surface area contributed by atoms with E-state index in [1.807, 2.05) is 0 Å². The van der Waals surface area contributed by atoms with Crippen LogP contribution in [0.5, 0.6) is 11.5 Å². The van der Waals surface area contributed by atoms with E-state index < -0.39 is 121 Å². The van der Waals surface area contributed by atoms with Gasteiger partial charge in [0.15, 0.2) is 6.23 Å². The molecule has 5 rings (SSSR count). The molecule has 0 aliphatic carbocycles. The lowest BCUT2D eigenvalue weighted by atomic mass is 9.70. The van der Waals surface area contributed by atoms with E-state index in [2.05, 4.69) is 42.5 Å². The number of nitrogens with one attached hydrogen (secondary N) is 8. The minimum atomic E-state index is -1.85. The van der Waals surface area contributed by atoms with Gasteiger partial charge < -0.3 is 82.7 Å². The number of hydrogen-bond donors (Lipinski definition) is 12. The lowest BCUT2D eigenvalue weighted by Gasteiger charge is -2.35. The summed E-state index contributed by atoms with van der Waals surface area (Å²) in [5, 5.41) is 53.2. The highest BCUT2D eigenvalue weighted by molar-refractivity contribution is 5.94. The van der Waals surface area contributed by atoms with E-state index in [1.165, 1.54) is 7.05 Å². The molecule has 3 aliphatic rings. The highest BCUT2D eigenvalue weighted by Crippen LogP contribution is 2.59. The minimum Gasteiger partial charge on any atom is -0.483 e. The molecule has 3 aliphatic heterocycles. The van der Waals surface area contributed by atoms with Crippen molar-refractivity contribution in [2.45, 2.75) is 113 Å². The van der Waals surface area contributed by atoms with Gasteiger partial charge in [0.25, 0.3) is 0 Å². The summed E-state index contributed by atoms with van der Waals surface area (Å²) in [7, 11) is 1.49. The number of hydrogen-bond acceptors (Lipinski definition) is 16. The summed E-state index contributed by atoms with van der Waals surface area (Å²) < 4.78 is 13.4. The normalized spacial score (nSPS) is 23.5. The van der Waals surface area contributed by atoms with Crippen molar-refractivity contribution in [2.24, 2.45) is 11.7 Å².